The maximum atomic E-state index is 11.9. The SMILES string of the molecule is CSSCOC1C(C)C(N/C=C(/C#CCN)C(N)NC=O)O[C@@H]1CO[PH](=O)O[PH](=O)O[PH](=O)O. The van der Waals surface area contributed by atoms with E-state index in [1.165, 1.54) is 27.8 Å². The zero-order valence-corrected chi connectivity index (χ0v) is 22.9. The Morgan fingerprint density at radius 2 is 2.06 bits per heavy atom. The molecule has 1 amide bonds. The standard InChI is InChI=1S/C15H29N4O10P3S2/c1-10-13(25-9-34-33-2)12(7-26-31(23)29-32(24)28-30(21)22)27-15(10)18-6-11(4-3-5-16)14(17)19-8-20/h6,8,10,12-15,18,30-32H,5,7,9,16-17H2,1-2H3,(H,19,20)(H,21,22)/b11-6-/t10?,12-,13?,14?,15?/m1/s1. The van der Waals surface area contributed by atoms with Crippen LogP contribution in [-0.2, 0) is 41.1 Å². The van der Waals surface area contributed by atoms with Gasteiger partial charge in [0.1, 0.15) is 24.4 Å². The minimum Gasteiger partial charge on any atom is -0.365 e. The maximum absolute atomic E-state index is 11.9. The molecule has 1 aliphatic rings. The molecule has 0 spiro atoms. The van der Waals surface area contributed by atoms with Crippen LogP contribution >= 0.6 is 46.4 Å². The van der Waals surface area contributed by atoms with Crippen molar-refractivity contribution in [2.75, 3.05) is 25.3 Å². The summed E-state index contributed by atoms with van der Waals surface area (Å²) in [5.74, 6) is 5.55. The van der Waals surface area contributed by atoms with Crippen LogP contribution in [0.4, 0.5) is 0 Å². The van der Waals surface area contributed by atoms with Crippen LogP contribution in [0.25, 0.3) is 0 Å². The summed E-state index contributed by atoms with van der Waals surface area (Å²) in [4.78, 5) is 19.3. The highest BCUT2D eigenvalue weighted by atomic mass is 33.1. The molecule has 7 N–H and O–H groups in total. The van der Waals surface area contributed by atoms with Crippen LogP contribution in [0.1, 0.15) is 6.92 Å². The molecule has 0 aromatic heterocycles. The first kappa shape index (κ1) is 31.7. The molecule has 1 saturated heterocycles. The molecule has 196 valence electrons. The number of nitrogens with two attached hydrogens (primary N) is 2. The largest absolute Gasteiger partial charge is 0.365 e. The van der Waals surface area contributed by atoms with Gasteiger partial charge in [-0.1, -0.05) is 40.4 Å². The van der Waals surface area contributed by atoms with E-state index in [1.807, 2.05) is 13.2 Å². The molecule has 1 fully saturated rings. The van der Waals surface area contributed by atoms with Crippen molar-refractivity contribution in [3.8, 4) is 11.8 Å². The Morgan fingerprint density at radius 1 is 1.32 bits per heavy atom. The van der Waals surface area contributed by atoms with Crippen LogP contribution < -0.4 is 22.1 Å². The van der Waals surface area contributed by atoms with Gasteiger partial charge in [0.05, 0.1) is 24.8 Å². The van der Waals surface area contributed by atoms with Crippen molar-refractivity contribution in [2.45, 2.75) is 31.5 Å². The highest BCUT2D eigenvalue weighted by Gasteiger charge is 2.43. The predicted molar refractivity (Wildman–Crippen MR) is 131 cm³/mol. The fraction of sp³-hybridized carbons (Fsp3) is 0.667. The molecule has 1 aliphatic heterocycles. The Hall–Kier alpha value is -0.360. The minimum absolute atomic E-state index is 0.0952. The van der Waals surface area contributed by atoms with Gasteiger partial charge >= 0.3 is 24.8 Å². The van der Waals surface area contributed by atoms with Gasteiger partial charge in [-0.15, -0.1) is 0 Å². The fourth-order valence-electron chi connectivity index (χ4n) is 2.67. The Kier molecular flexibility index (Phi) is 16.7. The smallest absolute Gasteiger partial charge is 0.333 e. The summed E-state index contributed by atoms with van der Waals surface area (Å²) in [7, 11) is -7.27. The van der Waals surface area contributed by atoms with Crippen molar-refractivity contribution in [1.29, 1.82) is 0 Å². The van der Waals surface area contributed by atoms with Gasteiger partial charge in [-0.05, 0) is 6.26 Å². The van der Waals surface area contributed by atoms with Crippen LogP contribution in [0, 0.1) is 17.8 Å². The van der Waals surface area contributed by atoms with E-state index >= 15 is 0 Å². The number of carbonyl (C=O) groups is 1. The van der Waals surface area contributed by atoms with Gasteiger partial charge in [0.25, 0.3) is 0 Å². The monoisotopic (exact) mass is 582 g/mol. The topological polar surface area (TPSA) is 211 Å². The highest BCUT2D eigenvalue weighted by molar-refractivity contribution is 8.76. The van der Waals surface area contributed by atoms with E-state index in [0.29, 0.717) is 17.9 Å². The second-order valence-electron chi connectivity index (χ2n) is 6.30. The molecule has 1 heterocycles. The van der Waals surface area contributed by atoms with Gasteiger partial charge in [0, 0.05) is 12.1 Å². The third-order valence-electron chi connectivity index (χ3n) is 4.13. The lowest BCUT2D eigenvalue weighted by molar-refractivity contribution is -0.109. The van der Waals surface area contributed by atoms with Crippen LogP contribution in [-0.4, -0.2) is 61.3 Å². The van der Waals surface area contributed by atoms with Crippen molar-refractivity contribution >= 4 is 52.8 Å². The van der Waals surface area contributed by atoms with E-state index < -0.39 is 49.4 Å². The molecular formula is C15H29N4O10P3S2. The van der Waals surface area contributed by atoms with E-state index in [-0.39, 0.29) is 19.1 Å². The maximum Gasteiger partial charge on any atom is 0.333 e. The van der Waals surface area contributed by atoms with Gasteiger partial charge in [0.2, 0.25) is 6.41 Å². The summed E-state index contributed by atoms with van der Waals surface area (Å²) < 4.78 is 59.2. The van der Waals surface area contributed by atoms with Crippen LogP contribution in [0.15, 0.2) is 11.8 Å². The number of hydrogen-bond donors (Lipinski definition) is 5. The summed E-state index contributed by atoms with van der Waals surface area (Å²) >= 11 is 0. The summed E-state index contributed by atoms with van der Waals surface area (Å²) in [6.07, 6.45) is 1.20. The Balaban J connectivity index is 2.85. The van der Waals surface area contributed by atoms with Gasteiger partial charge in [-0.2, -0.15) is 0 Å². The van der Waals surface area contributed by atoms with Crippen molar-refractivity contribution in [3.63, 3.8) is 0 Å². The molecule has 1 rings (SSSR count). The third-order valence-corrected chi connectivity index (χ3v) is 8.70. The number of nitrogens with one attached hydrogen (secondary N) is 2. The normalized spacial score (nSPS) is 26.1. The predicted octanol–water partition coefficient (Wildman–Crippen LogP) is 0.379. The zero-order valence-electron chi connectivity index (χ0n) is 18.3. The lowest BCUT2D eigenvalue weighted by Gasteiger charge is -2.21. The van der Waals surface area contributed by atoms with E-state index in [4.69, 9.17) is 30.4 Å². The molecule has 0 saturated carbocycles. The van der Waals surface area contributed by atoms with Gasteiger partial charge in [-0.25, -0.2) is 8.62 Å². The number of amides is 1. The number of hydrogen-bond acceptors (Lipinski definition) is 14. The second-order valence-corrected chi connectivity index (χ2v) is 12.3. The molecule has 0 aromatic carbocycles. The van der Waals surface area contributed by atoms with Crippen molar-refractivity contribution < 1.29 is 46.0 Å². The first-order chi connectivity index (χ1) is 16.2. The summed E-state index contributed by atoms with van der Waals surface area (Å²) in [6, 6.07) is 0. The molecule has 0 radical (unpaired) electrons. The van der Waals surface area contributed by atoms with E-state index in [1.54, 1.807) is 0 Å². The van der Waals surface area contributed by atoms with E-state index in [2.05, 4.69) is 31.1 Å². The van der Waals surface area contributed by atoms with Crippen LogP contribution in [0.2, 0.25) is 0 Å². The molecule has 34 heavy (non-hydrogen) atoms. The molecule has 19 heteroatoms. The van der Waals surface area contributed by atoms with E-state index in [9.17, 15) is 18.5 Å². The second kappa shape index (κ2) is 18.0. The molecular weight excluding hydrogens is 553 g/mol. The Morgan fingerprint density at radius 3 is 2.68 bits per heavy atom. The van der Waals surface area contributed by atoms with Crippen LogP contribution in [0.3, 0.4) is 0 Å². The number of carbonyl (C=O) groups excluding carboxylic acids is 1. The first-order valence-corrected chi connectivity index (χ1v) is 16.0. The van der Waals surface area contributed by atoms with Crippen molar-refractivity contribution in [3.05, 3.63) is 11.8 Å². The molecule has 7 unspecified atom stereocenters. The number of ether oxygens (including phenoxy) is 2. The lowest BCUT2D eigenvalue weighted by atomic mass is 10.0. The minimum atomic E-state index is -3.51. The molecule has 0 aliphatic carbocycles. The molecule has 0 bridgehead atoms. The van der Waals surface area contributed by atoms with Crippen molar-refractivity contribution in [1.82, 2.24) is 10.6 Å². The fourth-order valence-corrected chi connectivity index (χ4v) is 5.63. The average Bonchev–Trinajstić information content (AvgIpc) is 3.06. The molecule has 8 atom stereocenters. The van der Waals surface area contributed by atoms with Gasteiger partial charge in [-0.3, -0.25) is 18.5 Å². The van der Waals surface area contributed by atoms with Gasteiger partial charge in [0.15, 0.2) is 0 Å². The third kappa shape index (κ3) is 12.1. The first-order valence-electron chi connectivity index (χ1n) is 9.55. The molecule has 0 aromatic rings. The van der Waals surface area contributed by atoms with Crippen molar-refractivity contribution in [2.24, 2.45) is 17.4 Å². The van der Waals surface area contributed by atoms with Gasteiger partial charge < -0.3 is 41.0 Å². The summed E-state index contributed by atoms with van der Waals surface area (Å²) in [5.41, 5.74) is 11.6. The average molecular weight is 582 g/mol. The lowest BCUT2D eigenvalue weighted by Crippen LogP contribution is -2.39. The highest BCUT2D eigenvalue weighted by Crippen LogP contribution is 2.45. The number of rotatable bonds is 16. The van der Waals surface area contributed by atoms with Crippen LogP contribution in [0.5, 0.6) is 0 Å². The summed E-state index contributed by atoms with van der Waals surface area (Å²) in [6.45, 7) is 1.71. The molecule has 14 nitrogen and oxygen atoms in total. The quantitative estimate of drug-likeness (QED) is 0.0416. The zero-order chi connectivity index (χ0) is 25.5. The Bertz CT molecular complexity index is 815. The summed E-state index contributed by atoms with van der Waals surface area (Å²) in [5, 5.41) is 5.43. The van der Waals surface area contributed by atoms with E-state index in [0.717, 1.165) is 0 Å². The Labute approximate surface area is 207 Å².